The first-order valence-electron chi connectivity index (χ1n) is 6.67. The summed E-state index contributed by atoms with van der Waals surface area (Å²) in [6, 6.07) is 16.4. The fraction of sp³-hybridized carbons (Fsp3) is 0.125. The van der Waals surface area contributed by atoms with Crippen molar-refractivity contribution in [2.45, 2.75) is 6.54 Å². The van der Waals surface area contributed by atoms with Gasteiger partial charge in [-0.1, -0.05) is 59.2 Å². The van der Waals surface area contributed by atoms with E-state index >= 15 is 0 Å². The molecule has 5 nitrogen and oxygen atoms in total. The van der Waals surface area contributed by atoms with E-state index in [1.165, 1.54) is 0 Å². The van der Waals surface area contributed by atoms with E-state index in [1.807, 2.05) is 42.5 Å². The smallest absolute Gasteiger partial charge is 0.261 e. The number of nitrogens with zero attached hydrogens (tertiary/aromatic N) is 1. The van der Waals surface area contributed by atoms with Gasteiger partial charge in [-0.3, -0.25) is 4.79 Å². The van der Waals surface area contributed by atoms with E-state index in [0.29, 0.717) is 11.6 Å². The molecule has 22 heavy (non-hydrogen) atoms. The van der Waals surface area contributed by atoms with Gasteiger partial charge in [0, 0.05) is 17.1 Å². The maximum atomic E-state index is 11.6. The molecular formula is C16H16ClN3O2. The average Bonchev–Trinajstić information content (AvgIpc) is 2.55. The zero-order valence-electron chi connectivity index (χ0n) is 11.8. The second-order valence-electron chi connectivity index (χ2n) is 4.52. The van der Waals surface area contributed by atoms with Gasteiger partial charge >= 0.3 is 0 Å². The lowest BCUT2D eigenvalue weighted by Gasteiger charge is -2.05. The molecule has 0 aliphatic rings. The van der Waals surface area contributed by atoms with Crippen molar-refractivity contribution < 1.29 is 9.63 Å². The Morgan fingerprint density at radius 3 is 2.50 bits per heavy atom. The Labute approximate surface area is 133 Å². The molecule has 0 aliphatic carbocycles. The molecule has 0 bridgehead atoms. The Balaban J connectivity index is 1.75. The highest BCUT2D eigenvalue weighted by Crippen LogP contribution is 2.09. The summed E-state index contributed by atoms with van der Waals surface area (Å²) in [6.45, 7) is 0.207. The molecule has 0 saturated carbocycles. The van der Waals surface area contributed by atoms with Crippen LogP contribution in [-0.2, 0) is 16.2 Å². The van der Waals surface area contributed by atoms with Gasteiger partial charge in [-0.05, 0) is 17.7 Å². The first-order valence-corrected chi connectivity index (χ1v) is 7.05. The SMILES string of the molecule is N/C(=N/OCC(=O)NCc1ccc(Cl)cc1)c1ccccc1. The van der Waals surface area contributed by atoms with Crippen LogP contribution in [0.2, 0.25) is 5.02 Å². The van der Waals surface area contributed by atoms with Gasteiger partial charge in [-0.2, -0.15) is 0 Å². The largest absolute Gasteiger partial charge is 0.384 e. The molecule has 2 rings (SSSR count). The molecule has 2 aromatic carbocycles. The number of amidine groups is 1. The van der Waals surface area contributed by atoms with Crippen LogP contribution in [0, 0.1) is 0 Å². The molecule has 0 aliphatic heterocycles. The molecule has 0 heterocycles. The quantitative estimate of drug-likeness (QED) is 0.487. The van der Waals surface area contributed by atoms with Crippen molar-refractivity contribution in [3.8, 4) is 0 Å². The molecule has 0 unspecified atom stereocenters. The minimum atomic E-state index is -0.278. The monoisotopic (exact) mass is 317 g/mol. The van der Waals surface area contributed by atoms with Crippen LogP contribution in [0.1, 0.15) is 11.1 Å². The molecule has 0 atom stereocenters. The van der Waals surface area contributed by atoms with E-state index in [2.05, 4.69) is 10.5 Å². The van der Waals surface area contributed by atoms with Crippen molar-refractivity contribution in [1.29, 1.82) is 0 Å². The lowest BCUT2D eigenvalue weighted by atomic mass is 10.2. The van der Waals surface area contributed by atoms with Crippen LogP contribution in [0.3, 0.4) is 0 Å². The summed E-state index contributed by atoms with van der Waals surface area (Å²) >= 11 is 5.79. The number of hydrogen-bond acceptors (Lipinski definition) is 3. The van der Waals surface area contributed by atoms with Gasteiger partial charge in [0.2, 0.25) is 0 Å². The van der Waals surface area contributed by atoms with Crippen molar-refractivity contribution in [2.24, 2.45) is 10.9 Å². The number of hydrogen-bond donors (Lipinski definition) is 2. The summed E-state index contributed by atoms with van der Waals surface area (Å²) in [4.78, 5) is 16.6. The maximum absolute atomic E-state index is 11.6. The van der Waals surface area contributed by atoms with Gasteiger partial charge < -0.3 is 15.9 Å². The fourth-order valence-electron chi connectivity index (χ4n) is 1.68. The van der Waals surface area contributed by atoms with E-state index in [-0.39, 0.29) is 18.3 Å². The molecule has 0 fully saturated rings. The molecule has 0 aromatic heterocycles. The van der Waals surface area contributed by atoms with Crippen LogP contribution >= 0.6 is 11.6 Å². The highest BCUT2D eigenvalue weighted by molar-refractivity contribution is 6.30. The van der Waals surface area contributed by atoms with Crippen LogP contribution in [0.25, 0.3) is 0 Å². The van der Waals surface area contributed by atoms with Crippen LogP contribution in [0.5, 0.6) is 0 Å². The Morgan fingerprint density at radius 2 is 1.82 bits per heavy atom. The molecule has 1 amide bonds. The van der Waals surface area contributed by atoms with Crippen LogP contribution in [0.15, 0.2) is 59.8 Å². The topological polar surface area (TPSA) is 76.7 Å². The van der Waals surface area contributed by atoms with Crippen LogP contribution in [0.4, 0.5) is 0 Å². The summed E-state index contributed by atoms with van der Waals surface area (Å²) in [6.07, 6.45) is 0. The van der Waals surface area contributed by atoms with Crippen molar-refractivity contribution in [3.63, 3.8) is 0 Å². The molecule has 0 spiro atoms. The minimum absolute atomic E-state index is 0.193. The van der Waals surface area contributed by atoms with Gasteiger partial charge in [0.05, 0.1) is 0 Å². The Morgan fingerprint density at radius 1 is 1.14 bits per heavy atom. The van der Waals surface area contributed by atoms with E-state index in [9.17, 15) is 4.79 Å². The normalized spacial score (nSPS) is 11.0. The molecule has 114 valence electrons. The first-order chi connectivity index (χ1) is 10.6. The summed E-state index contributed by atoms with van der Waals surface area (Å²) < 4.78 is 0. The second kappa shape index (κ2) is 8.05. The Hall–Kier alpha value is -2.53. The number of oxime groups is 1. The second-order valence-corrected chi connectivity index (χ2v) is 4.96. The standard InChI is InChI=1S/C16H16ClN3O2/c17-14-8-6-12(7-9-14)10-19-15(21)11-22-20-16(18)13-4-2-1-3-5-13/h1-9H,10-11H2,(H2,18,20)(H,19,21). The summed E-state index contributed by atoms with van der Waals surface area (Å²) in [5.41, 5.74) is 7.43. The van der Waals surface area contributed by atoms with Crippen LogP contribution < -0.4 is 11.1 Å². The average molecular weight is 318 g/mol. The number of nitrogens with two attached hydrogens (primary N) is 1. The zero-order chi connectivity index (χ0) is 15.8. The molecule has 0 saturated heterocycles. The summed E-state index contributed by atoms with van der Waals surface area (Å²) in [5, 5.41) is 7.09. The summed E-state index contributed by atoms with van der Waals surface area (Å²) in [5.74, 6) is -0.0503. The molecule has 0 radical (unpaired) electrons. The lowest BCUT2D eigenvalue weighted by Crippen LogP contribution is -2.27. The lowest BCUT2D eigenvalue weighted by molar-refractivity contribution is -0.125. The highest BCUT2D eigenvalue weighted by atomic mass is 35.5. The van der Waals surface area contributed by atoms with Crippen molar-refractivity contribution in [1.82, 2.24) is 5.32 Å². The van der Waals surface area contributed by atoms with E-state index in [0.717, 1.165) is 11.1 Å². The number of benzene rings is 2. The zero-order valence-corrected chi connectivity index (χ0v) is 12.6. The van der Waals surface area contributed by atoms with Crippen molar-refractivity contribution in [2.75, 3.05) is 6.61 Å². The Bertz CT molecular complexity index is 642. The third-order valence-electron chi connectivity index (χ3n) is 2.83. The molecular weight excluding hydrogens is 302 g/mol. The fourth-order valence-corrected chi connectivity index (χ4v) is 1.80. The summed E-state index contributed by atoms with van der Waals surface area (Å²) in [7, 11) is 0. The van der Waals surface area contributed by atoms with E-state index < -0.39 is 0 Å². The van der Waals surface area contributed by atoms with Gasteiger partial charge in [0.25, 0.3) is 5.91 Å². The number of nitrogens with one attached hydrogen (secondary N) is 1. The van der Waals surface area contributed by atoms with E-state index in [1.54, 1.807) is 12.1 Å². The van der Waals surface area contributed by atoms with Crippen LogP contribution in [-0.4, -0.2) is 18.3 Å². The first kappa shape index (κ1) is 15.9. The third-order valence-corrected chi connectivity index (χ3v) is 3.08. The highest BCUT2D eigenvalue weighted by Gasteiger charge is 2.03. The van der Waals surface area contributed by atoms with Gasteiger partial charge in [0.15, 0.2) is 12.4 Å². The number of amides is 1. The van der Waals surface area contributed by atoms with Gasteiger partial charge in [-0.25, -0.2) is 0 Å². The van der Waals surface area contributed by atoms with Gasteiger partial charge in [0.1, 0.15) is 0 Å². The van der Waals surface area contributed by atoms with Gasteiger partial charge in [-0.15, -0.1) is 0 Å². The molecule has 6 heteroatoms. The number of carbonyl (C=O) groups excluding carboxylic acids is 1. The minimum Gasteiger partial charge on any atom is -0.384 e. The predicted octanol–water partition coefficient (Wildman–Crippen LogP) is 2.29. The number of rotatable bonds is 6. The Kier molecular flexibility index (Phi) is 5.80. The van der Waals surface area contributed by atoms with Crippen molar-refractivity contribution >= 4 is 23.3 Å². The maximum Gasteiger partial charge on any atom is 0.261 e. The number of carbonyl (C=O) groups is 1. The van der Waals surface area contributed by atoms with Crippen molar-refractivity contribution in [3.05, 3.63) is 70.7 Å². The third kappa shape index (κ3) is 5.10. The predicted molar refractivity (Wildman–Crippen MR) is 86.4 cm³/mol. The van der Waals surface area contributed by atoms with E-state index in [4.69, 9.17) is 22.2 Å². The number of halogens is 1. The molecule has 2 aromatic rings. The molecule has 3 N–H and O–H groups in total.